The van der Waals surface area contributed by atoms with Crippen molar-refractivity contribution in [2.24, 2.45) is 0 Å². The summed E-state index contributed by atoms with van der Waals surface area (Å²) >= 11 is 0. The van der Waals surface area contributed by atoms with Gasteiger partial charge in [0, 0.05) is 21.3 Å². The lowest BCUT2D eigenvalue weighted by atomic mass is 11.3. The van der Waals surface area contributed by atoms with E-state index >= 15 is 0 Å². The van der Waals surface area contributed by atoms with Crippen molar-refractivity contribution in [3.8, 4) is 0 Å². The first-order valence-electron chi connectivity index (χ1n) is 4.27. The van der Waals surface area contributed by atoms with Crippen LogP contribution in [-0.4, -0.2) is 50.5 Å². The van der Waals surface area contributed by atoms with Gasteiger partial charge >= 0.3 is 8.80 Å². The van der Waals surface area contributed by atoms with Crippen molar-refractivity contribution >= 4 is 8.80 Å². The van der Waals surface area contributed by atoms with E-state index in [1.54, 1.807) is 0 Å². The van der Waals surface area contributed by atoms with Gasteiger partial charge in [-0.25, -0.2) is 0 Å². The molecule has 0 spiro atoms. The lowest BCUT2D eigenvalue weighted by Crippen LogP contribution is -2.45. The molecular weight excluding hydrogens is 220 g/mol. The Kier molecular flexibility index (Phi) is 8.81. The summed E-state index contributed by atoms with van der Waals surface area (Å²) in [6.45, 7) is 3.80. The summed E-state index contributed by atoms with van der Waals surface area (Å²) in [7, 11) is 1.58. The van der Waals surface area contributed by atoms with Crippen LogP contribution in [0.3, 0.4) is 0 Å². The van der Waals surface area contributed by atoms with Crippen LogP contribution >= 0.6 is 0 Å². The van der Waals surface area contributed by atoms with Crippen LogP contribution in [0.15, 0.2) is 12.3 Å². The smallest absolute Gasteiger partial charge is 0.360 e. The van der Waals surface area contributed by atoms with E-state index in [0.717, 1.165) is 0 Å². The third-order valence-electron chi connectivity index (χ3n) is 1.38. The fraction of sp³-hybridized carbons (Fsp3) is 0.750. The van der Waals surface area contributed by atoms with E-state index in [1.165, 1.54) is 27.0 Å². The van der Waals surface area contributed by atoms with Gasteiger partial charge in [0.25, 0.3) is 0 Å². The van der Waals surface area contributed by atoms with Gasteiger partial charge in [-0.1, -0.05) is 6.58 Å². The molecule has 0 saturated carbocycles. The first-order chi connectivity index (χ1) is 7.24. The maximum atomic E-state index is 5.33. The van der Waals surface area contributed by atoms with E-state index in [9.17, 15) is 0 Å². The van der Waals surface area contributed by atoms with Crippen LogP contribution in [0.2, 0.25) is 0 Å². The van der Waals surface area contributed by atoms with Gasteiger partial charge in [0.15, 0.2) is 0 Å². The largest absolute Gasteiger partial charge is 0.534 e. The predicted molar refractivity (Wildman–Crippen MR) is 54.8 cm³/mol. The third-order valence-corrected chi connectivity index (χ3v) is 3.44. The molecule has 0 bridgehead atoms. The fourth-order valence-electron chi connectivity index (χ4n) is 0.725. The van der Waals surface area contributed by atoms with Crippen LogP contribution in [-0.2, 0) is 27.5 Å². The van der Waals surface area contributed by atoms with Crippen LogP contribution in [0.1, 0.15) is 0 Å². The van der Waals surface area contributed by atoms with E-state index in [2.05, 4.69) is 6.58 Å². The summed E-state index contributed by atoms with van der Waals surface area (Å²) < 4.78 is 30.3. The van der Waals surface area contributed by atoms with Crippen molar-refractivity contribution in [3.63, 3.8) is 0 Å². The number of hydrogen-bond acceptors (Lipinski definition) is 6. The second kappa shape index (κ2) is 8.98. The minimum Gasteiger partial charge on any atom is -0.360 e. The number of methoxy groups -OCH3 is 3. The minimum atomic E-state index is -2.94. The maximum Gasteiger partial charge on any atom is 0.534 e. The molecule has 15 heavy (non-hydrogen) atoms. The van der Waals surface area contributed by atoms with Crippen molar-refractivity contribution < 1.29 is 27.5 Å². The summed E-state index contributed by atoms with van der Waals surface area (Å²) in [4.78, 5) is 0. The van der Waals surface area contributed by atoms with Crippen LogP contribution in [0.5, 0.6) is 0 Å². The second-order valence-corrected chi connectivity index (χ2v) is 4.94. The van der Waals surface area contributed by atoms with E-state index < -0.39 is 8.80 Å². The molecule has 0 aliphatic rings. The van der Waals surface area contributed by atoms with Crippen molar-refractivity contribution in [1.82, 2.24) is 0 Å². The zero-order chi connectivity index (χ0) is 11.6. The molecule has 0 fully saturated rings. The van der Waals surface area contributed by atoms with Gasteiger partial charge < -0.3 is 27.5 Å². The molecule has 0 aliphatic heterocycles. The van der Waals surface area contributed by atoms with Crippen LogP contribution in [0, 0.1) is 0 Å². The Bertz CT molecular complexity index is 143. The highest BCUT2D eigenvalue weighted by atomic mass is 28.4. The first kappa shape index (κ1) is 14.7. The van der Waals surface area contributed by atoms with Crippen molar-refractivity contribution in [3.05, 3.63) is 12.3 Å². The minimum absolute atomic E-state index is 0.0612. The normalized spacial score (nSPS) is 11.7. The summed E-state index contributed by atoms with van der Waals surface area (Å²) in [5.74, 6) is 0. The third kappa shape index (κ3) is 6.00. The topological polar surface area (TPSA) is 55.4 Å². The quantitative estimate of drug-likeness (QED) is 0.408. The number of ether oxygens (including phenoxy) is 3. The molecule has 7 heteroatoms. The zero-order valence-corrected chi connectivity index (χ0v) is 10.4. The predicted octanol–water partition coefficient (Wildman–Crippen LogP) is 0.512. The molecule has 0 heterocycles. The highest BCUT2D eigenvalue weighted by molar-refractivity contribution is 6.66. The number of rotatable bonds is 10. The van der Waals surface area contributed by atoms with Crippen LogP contribution in [0.25, 0.3) is 0 Å². The van der Waals surface area contributed by atoms with E-state index in [0.29, 0.717) is 0 Å². The van der Waals surface area contributed by atoms with Crippen LogP contribution in [0.4, 0.5) is 0 Å². The molecule has 0 aromatic rings. The van der Waals surface area contributed by atoms with E-state index in [4.69, 9.17) is 27.5 Å². The molecule has 6 nitrogen and oxygen atoms in total. The summed E-state index contributed by atoms with van der Waals surface area (Å²) in [5.41, 5.74) is 1.49. The Labute approximate surface area is 91.0 Å². The maximum absolute atomic E-state index is 5.33. The Morgan fingerprint density at radius 3 is 1.40 bits per heavy atom. The van der Waals surface area contributed by atoms with Gasteiger partial charge in [-0.2, -0.15) is 0 Å². The van der Waals surface area contributed by atoms with Gasteiger partial charge in [-0.3, -0.25) is 0 Å². The SMILES string of the molecule is C=C[Si](OCOC)(OCOC)OCOC. The molecule has 0 aromatic heterocycles. The summed E-state index contributed by atoms with van der Waals surface area (Å²) in [6.07, 6.45) is 0. The average molecular weight is 238 g/mol. The fourth-order valence-corrected chi connectivity index (χ4v) is 2.17. The van der Waals surface area contributed by atoms with Crippen molar-refractivity contribution in [2.75, 3.05) is 41.7 Å². The van der Waals surface area contributed by atoms with E-state index in [1.807, 2.05) is 0 Å². The first-order valence-corrected chi connectivity index (χ1v) is 6.07. The molecule has 0 aromatic carbocycles. The molecule has 0 saturated heterocycles. The lowest BCUT2D eigenvalue weighted by molar-refractivity contribution is -0.0787. The molecule has 0 N–H and O–H groups in total. The standard InChI is InChI=1S/C8H18O6Si/c1-5-15(12-6-9-2,13-7-10-3)14-8-11-4/h5H,1,6-8H2,2-4H3. The van der Waals surface area contributed by atoms with Crippen molar-refractivity contribution in [1.29, 1.82) is 0 Å². The van der Waals surface area contributed by atoms with E-state index in [-0.39, 0.29) is 20.4 Å². The molecule has 0 unspecified atom stereocenters. The van der Waals surface area contributed by atoms with Gasteiger partial charge in [0.1, 0.15) is 20.4 Å². The Balaban J connectivity index is 4.23. The van der Waals surface area contributed by atoms with Gasteiger partial charge in [0.05, 0.1) is 0 Å². The molecule has 0 amide bonds. The molecular formula is C8H18O6Si. The monoisotopic (exact) mass is 238 g/mol. The van der Waals surface area contributed by atoms with Gasteiger partial charge in [-0.15, -0.1) is 0 Å². The molecule has 90 valence electrons. The van der Waals surface area contributed by atoms with Gasteiger partial charge in [-0.05, 0) is 5.70 Å². The highest BCUT2D eigenvalue weighted by Crippen LogP contribution is 2.11. The Morgan fingerprint density at radius 2 is 1.20 bits per heavy atom. The average Bonchev–Trinajstić information content (AvgIpc) is 2.29. The van der Waals surface area contributed by atoms with Gasteiger partial charge in [0.2, 0.25) is 0 Å². The highest BCUT2D eigenvalue weighted by Gasteiger charge is 2.38. The Morgan fingerprint density at radius 1 is 0.867 bits per heavy atom. The lowest BCUT2D eigenvalue weighted by Gasteiger charge is -2.25. The summed E-state index contributed by atoms with van der Waals surface area (Å²) in [6, 6.07) is 0. The molecule has 0 rings (SSSR count). The molecule has 0 atom stereocenters. The Hall–Kier alpha value is -0.283. The number of hydrogen-bond donors (Lipinski definition) is 0. The molecule has 0 aliphatic carbocycles. The van der Waals surface area contributed by atoms with Crippen molar-refractivity contribution in [2.45, 2.75) is 0 Å². The zero-order valence-electron chi connectivity index (χ0n) is 9.36. The molecule has 0 radical (unpaired) electrons. The van der Waals surface area contributed by atoms with Crippen LogP contribution < -0.4 is 0 Å². The second-order valence-electron chi connectivity index (χ2n) is 2.46. The summed E-state index contributed by atoms with van der Waals surface area (Å²) in [5, 5.41) is 0.